The van der Waals surface area contributed by atoms with Crippen LogP contribution in [0.5, 0.6) is 0 Å². The average Bonchev–Trinajstić information content (AvgIpc) is 3.10. The van der Waals surface area contributed by atoms with Crippen molar-refractivity contribution in [2.24, 2.45) is 5.10 Å². The summed E-state index contributed by atoms with van der Waals surface area (Å²) in [5.41, 5.74) is 7.06. The number of amides is 1. The van der Waals surface area contributed by atoms with E-state index in [9.17, 15) is 10.1 Å². The molecule has 0 aliphatic rings. The summed E-state index contributed by atoms with van der Waals surface area (Å²) in [5.74, 6) is 0.958. The van der Waals surface area contributed by atoms with Gasteiger partial charge < -0.3 is 4.42 Å². The van der Waals surface area contributed by atoms with Crippen molar-refractivity contribution >= 4 is 34.7 Å². The van der Waals surface area contributed by atoms with Gasteiger partial charge in [-0.25, -0.2) is 5.43 Å². The minimum Gasteiger partial charge on any atom is -0.443 e. The van der Waals surface area contributed by atoms with Crippen LogP contribution in [-0.4, -0.2) is 16.7 Å². The first-order valence-electron chi connectivity index (χ1n) is 8.61. The Labute approximate surface area is 177 Å². The molecule has 3 aromatic rings. The molecule has 7 heteroatoms. The summed E-state index contributed by atoms with van der Waals surface area (Å²) in [7, 11) is 0. The smallest absolute Gasteiger partial charge is 0.271 e. The molecule has 28 heavy (non-hydrogen) atoms. The molecule has 0 spiro atoms. The van der Waals surface area contributed by atoms with Crippen molar-refractivity contribution in [2.75, 3.05) is 0 Å². The number of aryl methyl sites for hydroxylation is 2. The maximum Gasteiger partial charge on any atom is 0.271 e. The van der Waals surface area contributed by atoms with Gasteiger partial charge in [-0.2, -0.15) is 10.4 Å². The lowest BCUT2D eigenvalue weighted by Gasteiger charge is -2.06. The normalized spacial score (nSPS) is 11.0. The van der Waals surface area contributed by atoms with E-state index in [2.05, 4.69) is 39.2 Å². The summed E-state index contributed by atoms with van der Waals surface area (Å²) >= 11 is 2.19. The Morgan fingerprint density at radius 1 is 1.25 bits per heavy atom. The predicted octanol–water partition coefficient (Wildman–Crippen LogP) is 4.54. The molecule has 0 aliphatic carbocycles. The molecular weight excluding hydrogens is 467 g/mol. The molecule has 0 aliphatic heterocycles. The molecule has 3 rings (SSSR count). The van der Waals surface area contributed by atoms with Gasteiger partial charge in [0, 0.05) is 31.6 Å². The van der Waals surface area contributed by atoms with E-state index in [1.165, 1.54) is 0 Å². The molecule has 0 bridgehead atoms. The Morgan fingerprint density at radius 3 is 2.57 bits per heavy atom. The van der Waals surface area contributed by atoms with E-state index in [1.54, 1.807) is 18.3 Å². The summed E-state index contributed by atoms with van der Waals surface area (Å²) in [6.45, 7) is 7.57. The summed E-state index contributed by atoms with van der Waals surface area (Å²) < 4.78 is 8.78. The molecule has 2 heterocycles. The number of nitrogens with zero attached hydrogens (tertiary/aromatic N) is 3. The molecule has 142 valence electrons. The fourth-order valence-electron chi connectivity index (χ4n) is 2.96. The fraction of sp³-hybridized carbons (Fsp3) is 0.190. The van der Waals surface area contributed by atoms with Gasteiger partial charge in [0.2, 0.25) is 5.88 Å². The van der Waals surface area contributed by atoms with Gasteiger partial charge in [0.05, 0.1) is 6.21 Å². The van der Waals surface area contributed by atoms with E-state index in [0.29, 0.717) is 17.0 Å². The van der Waals surface area contributed by atoms with Crippen molar-refractivity contribution in [3.8, 4) is 12.0 Å². The van der Waals surface area contributed by atoms with Crippen molar-refractivity contribution in [1.82, 2.24) is 9.99 Å². The number of carbonyl (C=O) groups excluding carboxylic acids is 1. The Hall–Kier alpha value is -2.86. The van der Waals surface area contributed by atoms with Gasteiger partial charge in [-0.05, 0) is 80.6 Å². The van der Waals surface area contributed by atoms with Crippen LogP contribution in [0.3, 0.4) is 0 Å². The summed E-state index contributed by atoms with van der Waals surface area (Å²) in [4.78, 5) is 12.2. The van der Waals surface area contributed by atoms with Gasteiger partial charge in [0.1, 0.15) is 17.4 Å². The highest BCUT2D eigenvalue weighted by Crippen LogP contribution is 2.28. The molecule has 0 unspecified atom stereocenters. The van der Waals surface area contributed by atoms with Gasteiger partial charge in [0.15, 0.2) is 0 Å². The first-order valence-corrected chi connectivity index (χ1v) is 9.69. The second kappa shape index (κ2) is 8.02. The molecule has 1 aromatic carbocycles. The third kappa shape index (κ3) is 3.73. The Morgan fingerprint density at radius 2 is 1.93 bits per heavy atom. The van der Waals surface area contributed by atoms with Crippen LogP contribution in [0.4, 0.5) is 0 Å². The topological polar surface area (TPSA) is 83.3 Å². The molecule has 0 atom stereocenters. The van der Waals surface area contributed by atoms with Crippen molar-refractivity contribution in [1.29, 1.82) is 5.26 Å². The second-order valence-electron chi connectivity index (χ2n) is 6.44. The van der Waals surface area contributed by atoms with Crippen molar-refractivity contribution < 1.29 is 9.21 Å². The third-order valence-corrected chi connectivity index (χ3v) is 5.35. The van der Waals surface area contributed by atoms with E-state index in [-0.39, 0.29) is 5.91 Å². The van der Waals surface area contributed by atoms with E-state index >= 15 is 0 Å². The van der Waals surface area contributed by atoms with Crippen LogP contribution < -0.4 is 5.43 Å². The second-order valence-corrected chi connectivity index (χ2v) is 7.69. The van der Waals surface area contributed by atoms with Crippen LogP contribution in [0, 0.1) is 42.6 Å². The lowest BCUT2D eigenvalue weighted by Crippen LogP contribution is -2.17. The van der Waals surface area contributed by atoms with Gasteiger partial charge in [-0.1, -0.05) is 0 Å². The number of nitriles is 1. The minimum absolute atomic E-state index is 0.273. The van der Waals surface area contributed by atoms with Gasteiger partial charge >= 0.3 is 0 Å². The Balaban J connectivity index is 1.85. The van der Waals surface area contributed by atoms with E-state index in [1.807, 2.05) is 50.5 Å². The first-order chi connectivity index (χ1) is 13.3. The third-order valence-electron chi connectivity index (χ3n) is 4.63. The standard InChI is InChI=1S/C21H19IN4O2/c1-12-9-17(11-24-25-20(27)16-5-7-18(22)8-6-16)14(3)26(12)21-19(10-23)13(2)15(4)28-21/h5-9,11H,1-4H3,(H,25,27)/b24-11-. The van der Waals surface area contributed by atoms with Crippen LogP contribution in [-0.2, 0) is 0 Å². The zero-order chi connectivity index (χ0) is 20.4. The molecule has 1 amide bonds. The molecule has 0 saturated heterocycles. The number of hydrazone groups is 1. The monoisotopic (exact) mass is 486 g/mol. The van der Waals surface area contributed by atoms with Gasteiger partial charge in [-0.3, -0.25) is 9.36 Å². The minimum atomic E-state index is -0.273. The van der Waals surface area contributed by atoms with Crippen LogP contribution >= 0.6 is 22.6 Å². The van der Waals surface area contributed by atoms with Crippen LogP contribution in [0.15, 0.2) is 39.9 Å². The number of benzene rings is 1. The zero-order valence-electron chi connectivity index (χ0n) is 16.0. The quantitative estimate of drug-likeness (QED) is 0.334. The fourth-order valence-corrected chi connectivity index (χ4v) is 3.31. The number of nitrogens with one attached hydrogen (secondary N) is 1. The number of carbonyl (C=O) groups is 1. The number of halogens is 1. The van der Waals surface area contributed by atoms with Crippen LogP contribution in [0.1, 0.15) is 44.2 Å². The molecule has 0 fully saturated rings. The highest BCUT2D eigenvalue weighted by Gasteiger charge is 2.20. The molecule has 0 saturated carbocycles. The average molecular weight is 486 g/mol. The van der Waals surface area contributed by atoms with E-state index in [4.69, 9.17) is 4.42 Å². The lowest BCUT2D eigenvalue weighted by atomic mass is 10.2. The van der Waals surface area contributed by atoms with Crippen LogP contribution in [0.25, 0.3) is 5.88 Å². The van der Waals surface area contributed by atoms with E-state index in [0.717, 1.165) is 31.8 Å². The van der Waals surface area contributed by atoms with Crippen LogP contribution in [0.2, 0.25) is 0 Å². The van der Waals surface area contributed by atoms with Gasteiger partial charge in [0.25, 0.3) is 5.91 Å². The zero-order valence-corrected chi connectivity index (χ0v) is 18.2. The maximum absolute atomic E-state index is 12.2. The number of hydrogen-bond acceptors (Lipinski definition) is 4. The number of furan rings is 1. The summed E-state index contributed by atoms with van der Waals surface area (Å²) in [5, 5.41) is 13.6. The number of hydrogen-bond donors (Lipinski definition) is 1. The van der Waals surface area contributed by atoms with E-state index < -0.39 is 0 Å². The molecule has 6 nitrogen and oxygen atoms in total. The van der Waals surface area contributed by atoms with Gasteiger partial charge in [-0.15, -0.1) is 0 Å². The highest BCUT2D eigenvalue weighted by molar-refractivity contribution is 14.1. The Bertz CT molecular complexity index is 1110. The SMILES string of the molecule is Cc1oc(-n2c(C)cc(/C=N\NC(=O)c3ccc(I)cc3)c2C)c(C#N)c1C. The maximum atomic E-state index is 12.2. The highest BCUT2D eigenvalue weighted by atomic mass is 127. The van der Waals surface area contributed by atoms with Crippen molar-refractivity contribution in [2.45, 2.75) is 27.7 Å². The molecule has 0 radical (unpaired) electrons. The van der Waals surface area contributed by atoms with Crippen molar-refractivity contribution in [3.05, 3.63) is 73.3 Å². The number of rotatable bonds is 4. The van der Waals surface area contributed by atoms with Crippen molar-refractivity contribution in [3.63, 3.8) is 0 Å². The lowest BCUT2D eigenvalue weighted by molar-refractivity contribution is 0.0955. The Kier molecular flexibility index (Phi) is 5.70. The first kappa shape index (κ1) is 19.9. The largest absolute Gasteiger partial charge is 0.443 e. The molecular formula is C21H19IN4O2. The predicted molar refractivity (Wildman–Crippen MR) is 116 cm³/mol. The summed E-state index contributed by atoms with van der Waals surface area (Å²) in [6.07, 6.45) is 1.60. The molecule has 1 N–H and O–H groups in total. The molecule has 2 aromatic heterocycles. The summed E-state index contributed by atoms with van der Waals surface area (Å²) in [6, 6.07) is 11.4. The number of aromatic nitrogens is 1.